The van der Waals surface area contributed by atoms with Crippen LogP contribution in [-0.4, -0.2) is 49.2 Å². The second-order valence-corrected chi connectivity index (χ2v) is 5.22. The summed E-state index contributed by atoms with van der Waals surface area (Å²) >= 11 is 0. The van der Waals surface area contributed by atoms with Crippen LogP contribution in [0.4, 0.5) is 11.4 Å². The van der Waals surface area contributed by atoms with Crippen LogP contribution in [-0.2, 0) is 0 Å². The first-order valence-corrected chi connectivity index (χ1v) is 6.54. The van der Waals surface area contributed by atoms with Crippen molar-refractivity contribution in [1.29, 1.82) is 0 Å². The first-order valence-electron chi connectivity index (χ1n) is 6.54. The Hall–Kier alpha value is -1.75. The van der Waals surface area contributed by atoms with Crippen molar-refractivity contribution in [1.82, 2.24) is 4.90 Å². The molecule has 1 heterocycles. The molecule has 1 atom stereocenters. The zero-order valence-electron chi connectivity index (χ0n) is 11.5. The molecule has 3 N–H and O–H groups in total. The largest absolute Gasteiger partial charge is 0.478 e. The molecule has 5 heteroatoms. The lowest BCUT2D eigenvalue weighted by Gasteiger charge is -2.38. The fourth-order valence-corrected chi connectivity index (χ4v) is 2.77. The van der Waals surface area contributed by atoms with Crippen LogP contribution in [0.3, 0.4) is 0 Å². The number of aromatic carboxylic acids is 1. The Morgan fingerprint density at radius 2 is 2.26 bits per heavy atom. The number of nitrogen functional groups attached to an aromatic ring is 1. The van der Waals surface area contributed by atoms with E-state index in [9.17, 15) is 9.90 Å². The molecule has 1 aliphatic heterocycles. The van der Waals surface area contributed by atoms with Gasteiger partial charge >= 0.3 is 5.97 Å². The fraction of sp³-hybridized carbons (Fsp3) is 0.500. The maximum Gasteiger partial charge on any atom is 0.337 e. The number of para-hydroxylation sites is 1. The van der Waals surface area contributed by atoms with Gasteiger partial charge in [-0.2, -0.15) is 0 Å². The standard InChI is InChI=1S/C14H21N3O2/c1-16-8-4-5-10(9-16)17(2)13-11(14(18)19)6-3-7-12(13)15/h3,6-7,10H,4-5,8-9,15H2,1-2H3,(H,18,19). The molecule has 2 rings (SSSR count). The minimum absolute atomic E-state index is 0.274. The fourth-order valence-electron chi connectivity index (χ4n) is 2.77. The van der Waals surface area contributed by atoms with Crippen molar-refractivity contribution in [3.63, 3.8) is 0 Å². The van der Waals surface area contributed by atoms with Crippen LogP contribution >= 0.6 is 0 Å². The molecule has 1 fully saturated rings. The summed E-state index contributed by atoms with van der Waals surface area (Å²) in [4.78, 5) is 15.6. The Bertz CT molecular complexity index is 476. The van der Waals surface area contributed by atoms with Gasteiger partial charge in [-0.25, -0.2) is 4.79 Å². The van der Waals surface area contributed by atoms with E-state index in [0.717, 1.165) is 25.9 Å². The van der Waals surface area contributed by atoms with Crippen molar-refractivity contribution in [2.75, 3.05) is 37.8 Å². The second-order valence-electron chi connectivity index (χ2n) is 5.22. The number of hydrogen-bond donors (Lipinski definition) is 2. The highest BCUT2D eigenvalue weighted by atomic mass is 16.4. The number of hydrogen-bond acceptors (Lipinski definition) is 4. The summed E-state index contributed by atoms with van der Waals surface area (Å²) in [6.45, 7) is 2.03. The lowest BCUT2D eigenvalue weighted by molar-refractivity contribution is 0.0697. The summed E-state index contributed by atoms with van der Waals surface area (Å²) in [6, 6.07) is 5.35. The van der Waals surface area contributed by atoms with Crippen molar-refractivity contribution in [3.8, 4) is 0 Å². The highest BCUT2D eigenvalue weighted by Crippen LogP contribution is 2.30. The van der Waals surface area contributed by atoms with Gasteiger partial charge in [-0.1, -0.05) is 6.07 Å². The normalized spacial score (nSPS) is 20.2. The third-order valence-electron chi connectivity index (χ3n) is 3.80. The maximum absolute atomic E-state index is 11.3. The van der Waals surface area contributed by atoms with Gasteiger partial charge in [-0.3, -0.25) is 0 Å². The van der Waals surface area contributed by atoms with Gasteiger partial charge < -0.3 is 20.6 Å². The number of carboxylic acid groups (broad SMARTS) is 1. The van der Waals surface area contributed by atoms with E-state index in [4.69, 9.17) is 5.73 Å². The van der Waals surface area contributed by atoms with Crippen LogP contribution in [0.5, 0.6) is 0 Å². The van der Waals surface area contributed by atoms with E-state index < -0.39 is 5.97 Å². The zero-order valence-corrected chi connectivity index (χ0v) is 11.5. The number of piperidine rings is 1. The van der Waals surface area contributed by atoms with Crippen LogP contribution in [0.1, 0.15) is 23.2 Å². The number of likely N-dealkylation sites (N-methyl/N-ethyl adjacent to an activating group) is 2. The number of rotatable bonds is 3. The molecule has 0 spiro atoms. The first-order chi connectivity index (χ1) is 9.00. The molecule has 1 aliphatic rings. The monoisotopic (exact) mass is 263 g/mol. The SMILES string of the molecule is CN1CCCC(N(C)c2c(N)cccc2C(=O)O)C1. The number of carboxylic acids is 1. The van der Waals surface area contributed by atoms with Gasteiger partial charge in [0.2, 0.25) is 0 Å². The first kappa shape index (κ1) is 13.7. The Morgan fingerprint density at radius 1 is 1.53 bits per heavy atom. The number of nitrogens with two attached hydrogens (primary N) is 1. The minimum atomic E-state index is -0.932. The molecule has 0 aliphatic carbocycles. The highest BCUT2D eigenvalue weighted by molar-refractivity contribution is 5.98. The Morgan fingerprint density at radius 3 is 2.89 bits per heavy atom. The number of benzene rings is 1. The van der Waals surface area contributed by atoms with Gasteiger partial charge in [0.25, 0.3) is 0 Å². The van der Waals surface area contributed by atoms with E-state index >= 15 is 0 Å². The van der Waals surface area contributed by atoms with E-state index in [1.54, 1.807) is 18.2 Å². The highest BCUT2D eigenvalue weighted by Gasteiger charge is 2.25. The van der Waals surface area contributed by atoms with Crippen molar-refractivity contribution >= 4 is 17.3 Å². The summed E-state index contributed by atoms with van der Waals surface area (Å²) in [6.07, 6.45) is 2.19. The Labute approximate surface area is 113 Å². The average molecular weight is 263 g/mol. The molecule has 0 aromatic heterocycles. The van der Waals surface area contributed by atoms with Gasteiger partial charge in [-0.15, -0.1) is 0 Å². The molecule has 1 saturated heterocycles. The lowest BCUT2D eigenvalue weighted by Crippen LogP contribution is -2.45. The van der Waals surface area contributed by atoms with Crippen molar-refractivity contribution < 1.29 is 9.90 Å². The van der Waals surface area contributed by atoms with Gasteiger partial charge in [-0.05, 0) is 38.6 Å². The molecule has 1 aromatic carbocycles. The molecule has 5 nitrogen and oxygen atoms in total. The van der Waals surface area contributed by atoms with Gasteiger partial charge in [0.1, 0.15) is 0 Å². The molecule has 1 aromatic rings. The quantitative estimate of drug-likeness (QED) is 0.809. The Kier molecular flexibility index (Phi) is 3.95. The van der Waals surface area contributed by atoms with Gasteiger partial charge in [0.05, 0.1) is 16.9 Å². The van der Waals surface area contributed by atoms with Crippen LogP contribution < -0.4 is 10.6 Å². The minimum Gasteiger partial charge on any atom is -0.478 e. The zero-order chi connectivity index (χ0) is 14.0. The van der Waals surface area contributed by atoms with E-state index in [-0.39, 0.29) is 5.56 Å². The summed E-state index contributed by atoms with van der Waals surface area (Å²) in [7, 11) is 4.02. The van der Waals surface area contributed by atoms with Crippen molar-refractivity contribution in [3.05, 3.63) is 23.8 Å². The van der Waals surface area contributed by atoms with Crippen LogP contribution in [0.2, 0.25) is 0 Å². The molecule has 1 unspecified atom stereocenters. The molecule has 104 valence electrons. The van der Waals surface area contributed by atoms with Crippen LogP contribution in [0.15, 0.2) is 18.2 Å². The number of carbonyl (C=O) groups is 1. The van der Waals surface area contributed by atoms with E-state index in [1.165, 1.54) is 0 Å². The lowest BCUT2D eigenvalue weighted by atomic mass is 10.0. The third-order valence-corrected chi connectivity index (χ3v) is 3.80. The van der Waals surface area contributed by atoms with E-state index in [0.29, 0.717) is 17.4 Å². The van der Waals surface area contributed by atoms with Crippen molar-refractivity contribution in [2.45, 2.75) is 18.9 Å². The summed E-state index contributed by atoms with van der Waals surface area (Å²) in [5.41, 5.74) is 7.41. The second kappa shape index (κ2) is 5.48. The van der Waals surface area contributed by atoms with Crippen LogP contribution in [0.25, 0.3) is 0 Å². The molecule has 19 heavy (non-hydrogen) atoms. The number of anilines is 2. The average Bonchev–Trinajstić information content (AvgIpc) is 2.37. The summed E-state index contributed by atoms with van der Waals surface area (Å²) in [5, 5.41) is 9.30. The summed E-state index contributed by atoms with van der Waals surface area (Å²) in [5.74, 6) is -0.932. The van der Waals surface area contributed by atoms with Gasteiger partial charge in [0.15, 0.2) is 0 Å². The summed E-state index contributed by atoms with van der Waals surface area (Å²) < 4.78 is 0. The number of nitrogens with zero attached hydrogens (tertiary/aromatic N) is 2. The van der Waals surface area contributed by atoms with Crippen molar-refractivity contribution in [2.24, 2.45) is 0 Å². The maximum atomic E-state index is 11.3. The number of likely N-dealkylation sites (tertiary alicyclic amines) is 1. The molecule has 0 saturated carbocycles. The molecular weight excluding hydrogens is 242 g/mol. The van der Waals surface area contributed by atoms with E-state index in [1.807, 2.05) is 11.9 Å². The van der Waals surface area contributed by atoms with Crippen LogP contribution in [0, 0.1) is 0 Å². The predicted octanol–water partition coefficient (Wildman–Crippen LogP) is 1.50. The molecule has 0 radical (unpaired) electrons. The predicted molar refractivity (Wildman–Crippen MR) is 76.7 cm³/mol. The molecule has 0 bridgehead atoms. The third kappa shape index (κ3) is 2.81. The van der Waals surface area contributed by atoms with Gasteiger partial charge in [0, 0.05) is 19.6 Å². The topological polar surface area (TPSA) is 69.8 Å². The Balaban J connectivity index is 2.32. The molecule has 0 amide bonds. The molecular formula is C14H21N3O2. The van der Waals surface area contributed by atoms with E-state index in [2.05, 4.69) is 11.9 Å². The smallest absolute Gasteiger partial charge is 0.337 e.